The monoisotopic (exact) mass is 455 g/mol. The Hall–Kier alpha value is -3.19. The van der Waals surface area contributed by atoms with Gasteiger partial charge in [-0.15, -0.1) is 0 Å². The summed E-state index contributed by atoms with van der Waals surface area (Å²) in [5.74, 6) is 0.357. The third-order valence-corrected chi connectivity index (χ3v) is 4.62. The topological polar surface area (TPSA) is 74.7 Å². The zero-order valence-corrected chi connectivity index (χ0v) is 17.6. The highest BCUT2D eigenvalue weighted by molar-refractivity contribution is 9.10. The highest BCUT2D eigenvalue weighted by atomic mass is 79.9. The van der Waals surface area contributed by atoms with Crippen LogP contribution in [0.25, 0.3) is 23.1 Å². The van der Waals surface area contributed by atoms with Crippen molar-refractivity contribution in [2.24, 2.45) is 0 Å². The van der Waals surface area contributed by atoms with Crippen LogP contribution in [-0.4, -0.2) is 24.0 Å². The van der Waals surface area contributed by atoms with Gasteiger partial charge in [0.25, 0.3) is 0 Å². The Morgan fingerprint density at radius 2 is 1.66 bits per heavy atom. The van der Waals surface area contributed by atoms with Crippen LogP contribution < -0.4 is 14.2 Å². The van der Waals surface area contributed by atoms with Crippen LogP contribution in [0.2, 0.25) is 0 Å². The van der Waals surface area contributed by atoms with Gasteiger partial charge in [0, 0.05) is 23.7 Å². The first-order chi connectivity index (χ1) is 13.9. The summed E-state index contributed by atoms with van der Waals surface area (Å²) >= 11 is 3.48. The molecule has 2 aromatic carbocycles. The van der Waals surface area contributed by atoms with Crippen molar-refractivity contribution in [1.29, 1.82) is 0 Å². The summed E-state index contributed by atoms with van der Waals surface area (Å²) in [5.41, 5.74) is 2.10. The van der Waals surface area contributed by atoms with Crippen LogP contribution in [0.4, 0.5) is 0 Å². The molecule has 1 heterocycles. The van der Waals surface area contributed by atoms with Gasteiger partial charge in [-0.05, 0) is 35.9 Å². The zero-order valence-electron chi connectivity index (χ0n) is 16.1. The van der Waals surface area contributed by atoms with Gasteiger partial charge in [-0.1, -0.05) is 40.2 Å². The van der Waals surface area contributed by atoms with Gasteiger partial charge in [-0.25, -0.2) is 4.98 Å². The predicted molar refractivity (Wildman–Crippen MR) is 114 cm³/mol. The van der Waals surface area contributed by atoms with Crippen LogP contribution in [0.5, 0.6) is 17.2 Å². The minimum atomic E-state index is -0.428. The van der Waals surface area contributed by atoms with E-state index < -0.39 is 11.9 Å². The van der Waals surface area contributed by atoms with Gasteiger partial charge < -0.3 is 14.2 Å². The number of halogens is 1. The quantitative estimate of drug-likeness (QED) is 0.396. The number of para-hydroxylation sites is 1. The van der Waals surface area contributed by atoms with Gasteiger partial charge in [0.15, 0.2) is 17.2 Å². The van der Waals surface area contributed by atoms with Crippen LogP contribution in [0.3, 0.4) is 0 Å². The highest BCUT2D eigenvalue weighted by Crippen LogP contribution is 2.34. The number of methoxy groups -OCH3 is 1. The first-order valence-corrected chi connectivity index (χ1v) is 9.49. The number of ether oxygens (including phenoxy) is 3. The van der Waals surface area contributed by atoms with Crippen molar-refractivity contribution in [1.82, 2.24) is 4.98 Å². The van der Waals surface area contributed by atoms with Gasteiger partial charge in [0.2, 0.25) is 0 Å². The summed E-state index contributed by atoms with van der Waals surface area (Å²) in [6.07, 6.45) is 3.68. The van der Waals surface area contributed by atoms with Gasteiger partial charge >= 0.3 is 11.9 Å². The maximum absolute atomic E-state index is 11.3. The molecular formula is C22H18BrNO5. The molecule has 0 fully saturated rings. The molecule has 0 aliphatic heterocycles. The summed E-state index contributed by atoms with van der Waals surface area (Å²) in [6.45, 7) is 2.68. The van der Waals surface area contributed by atoms with E-state index in [2.05, 4.69) is 20.9 Å². The molecule has 3 rings (SSSR count). The minimum Gasteiger partial charge on any atom is -0.493 e. The van der Waals surface area contributed by atoms with Gasteiger partial charge in [0.05, 0.1) is 12.8 Å². The van der Waals surface area contributed by atoms with Gasteiger partial charge in [-0.3, -0.25) is 9.59 Å². The second-order valence-electron chi connectivity index (χ2n) is 6.11. The van der Waals surface area contributed by atoms with Crippen LogP contribution in [0.15, 0.2) is 46.9 Å². The third kappa shape index (κ3) is 5.00. The lowest BCUT2D eigenvalue weighted by atomic mass is 10.1. The van der Waals surface area contributed by atoms with E-state index in [1.807, 2.05) is 36.4 Å². The molecule has 0 N–H and O–H groups in total. The van der Waals surface area contributed by atoms with E-state index >= 15 is 0 Å². The minimum absolute atomic E-state index is 0.332. The standard InChI is InChI=1S/C22H18BrNO5/c1-13(25)28-19-6-4-5-15-7-9-17(24-22(15)19)10-8-16-11-20(27-3)21(12-18(16)23)29-14(2)26/h4-12H,1-3H3. The number of esters is 2. The molecular weight excluding hydrogens is 438 g/mol. The predicted octanol–water partition coefficient (Wildman–Crippen LogP) is 5.03. The normalized spacial score (nSPS) is 10.9. The summed E-state index contributed by atoms with van der Waals surface area (Å²) in [5, 5.41) is 0.870. The molecule has 0 saturated carbocycles. The van der Waals surface area contributed by atoms with E-state index in [-0.39, 0.29) is 0 Å². The van der Waals surface area contributed by atoms with E-state index in [1.165, 1.54) is 21.0 Å². The van der Waals surface area contributed by atoms with Crippen molar-refractivity contribution in [2.75, 3.05) is 7.11 Å². The fourth-order valence-corrected chi connectivity index (χ4v) is 3.17. The number of hydrogen-bond acceptors (Lipinski definition) is 6. The maximum Gasteiger partial charge on any atom is 0.308 e. The number of fused-ring (bicyclic) bond motifs is 1. The number of rotatable bonds is 5. The second kappa shape index (κ2) is 8.87. The van der Waals surface area contributed by atoms with Crippen LogP contribution >= 0.6 is 15.9 Å². The number of nitrogens with zero attached hydrogens (tertiary/aromatic N) is 1. The van der Waals surface area contributed by atoms with E-state index in [0.717, 1.165) is 15.4 Å². The van der Waals surface area contributed by atoms with E-state index in [9.17, 15) is 9.59 Å². The summed E-state index contributed by atoms with van der Waals surface area (Å²) in [7, 11) is 1.51. The number of pyridine rings is 1. The lowest BCUT2D eigenvalue weighted by Gasteiger charge is -2.10. The molecule has 0 bridgehead atoms. The third-order valence-electron chi connectivity index (χ3n) is 3.93. The fourth-order valence-electron chi connectivity index (χ4n) is 2.71. The Morgan fingerprint density at radius 3 is 2.34 bits per heavy atom. The van der Waals surface area contributed by atoms with E-state index in [4.69, 9.17) is 14.2 Å². The molecule has 0 radical (unpaired) electrons. The Labute approximate surface area is 176 Å². The molecule has 29 heavy (non-hydrogen) atoms. The van der Waals surface area contributed by atoms with Crippen LogP contribution in [0, 0.1) is 0 Å². The van der Waals surface area contributed by atoms with Crippen molar-refractivity contribution >= 4 is 50.9 Å². The molecule has 3 aromatic rings. The van der Waals surface area contributed by atoms with E-state index in [1.54, 1.807) is 18.2 Å². The van der Waals surface area contributed by atoms with Crippen molar-refractivity contribution < 1.29 is 23.8 Å². The van der Waals surface area contributed by atoms with Gasteiger partial charge in [0.1, 0.15) is 5.52 Å². The summed E-state index contributed by atoms with van der Waals surface area (Å²) in [6, 6.07) is 12.6. The lowest BCUT2D eigenvalue weighted by molar-refractivity contribution is -0.132. The zero-order chi connectivity index (χ0) is 21.0. The molecule has 6 nitrogen and oxygen atoms in total. The molecule has 0 saturated heterocycles. The van der Waals surface area contributed by atoms with E-state index in [0.29, 0.717) is 28.5 Å². The number of aromatic nitrogens is 1. The van der Waals surface area contributed by atoms with Crippen LogP contribution in [-0.2, 0) is 9.59 Å². The average Bonchev–Trinajstić information content (AvgIpc) is 2.67. The highest BCUT2D eigenvalue weighted by Gasteiger charge is 2.11. The molecule has 0 amide bonds. The average molecular weight is 456 g/mol. The lowest BCUT2D eigenvalue weighted by Crippen LogP contribution is -2.03. The summed E-state index contributed by atoms with van der Waals surface area (Å²) in [4.78, 5) is 27.2. The van der Waals surface area contributed by atoms with Crippen molar-refractivity contribution in [2.45, 2.75) is 13.8 Å². The molecule has 0 unspecified atom stereocenters. The smallest absolute Gasteiger partial charge is 0.308 e. The summed E-state index contributed by atoms with van der Waals surface area (Å²) < 4.78 is 16.4. The maximum atomic E-state index is 11.3. The molecule has 1 aromatic heterocycles. The molecule has 148 valence electrons. The molecule has 0 atom stereocenters. The van der Waals surface area contributed by atoms with Crippen LogP contribution in [0.1, 0.15) is 25.1 Å². The number of benzene rings is 2. The van der Waals surface area contributed by atoms with Crippen molar-refractivity contribution in [3.8, 4) is 17.2 Å². The van der Waals surface area contributed by atoms with Crippen molar-refractivity contribution in [3.05, 3.63) is 58.2 Å². The molecule has 0 aliphatic carbocycles. The Morgan fingerprint density at radius 1 is 0.931 bits per heavy atom. The Kier molecular flexibility index (Phi) is 6.29. The number of hydrogen-bond donors (Lipinski definition) is 0. The number of carbonyl (C=O) groups is 2. The Bertz CT molecular complexity index is 1120. The number of carbonyl (C=O) groups excluding carboxylic acids is 2. The largest absolute Gasteiger partial charge is 0.493 e. The molecule has 7 heteroatoms. The Balaban J connectivity index is 1.96. The molecule has 0 aliphatic rings. The fraction of sp³-hybridized carbons (Fsp3) is 0.136. The SMILES string of the molecule is COc1cc(C=Cc2ccc3cccc(OC(C)=O)c3n2)c(Br)cc1OC(C)=O. The molecule has 0 spiro atoms. The first kappa shape index (κ1) is 20.5. The van der Waals surface area contributed by atoms with Crippen molar-refractivity contribution in [3.63, 3.8) is 0 Å². The van der Waals surface area contributed by atoms with Gasteiger partial charge in [-0.2, -0.15) is 0 Å². The first-order valence-electron chi connectivity index (χ1n) is 8.69. The second-order valence-corrected chi connectivity index (χ2v) is 6.96.